The van der Waals surface area contributed by atoms with Gasteiger partial charge >= 0.3 is 0 Å². The lowest BCUT2D eigenvalue weighted by Crippen LogP contribution is -2.39. The minimum absolute atomic E-state index is 0.104. The number of nitrogens with one attached hydrogen (secondary N) is 1. The van der Waals surface area contributed by atoms with Crippen molar-refractivity contribution in [2.45, 2.75) is 25.9 Å². The summed E-state index contributed by atoms with van der Waals surface area (Å²) < 4.78 is 21.4. The summed E-state index contributed by atoms with van der Waals surface area (Å²) in [5.41, 5.74) is -0.104. The van der Waals surface area contributed by atoms with Crippen molar-refractivity contribution in [2.24, 2.45) is 0 Å². The van der Waals surface area contributed by atoms with Gasteiger partial charge in [0, 0.05) is 13.7 Å². The number of methoxy groups -OCH3 is 1. The molecular formula is C13H29NO4. The van der Waals surface area contributed by atoms with Gasteiger partial charge in [0.25, 0.3) is 0 Å². The molecule has 1 atom stereocenters. The van der Waals surface area contributed by atoms with Crippen LogP contribution in [-0.2, 0) is 18.9 Å². The van der Waals surface area contributed by atoms with E-state index >= 15 is 0 Å². The molecule has 0 bridgehead atoms. The van der Waals surface area contributed by atoms with Crippen LogP contribution in [0.15, 0.2) is 0 Å². The first-order valence-electron chi connectivity index (χ1n) is 6.61. The number of ether oxygens (including phenoxy) is 4. The van der Waals surface area contributed by atoms with Crippen LogP contribution in [0.4, 0.5) is 0 Å². The zero-order valence-corrected chi connectivity index (χ0v) is 12.3. The highest BCUT2D eigenvalue weighted by atomic mass is 16.6. The molecule has 0 amide bonds. The van der Waals surface area contributed by atoms with E-state index in [-0.39, 0.29) is 5.60 Å². The molecule has 0 aliphatic rings. The van der Waals surface area contributed by atoms with E-state index in [1.54, 1.807) is 7.11 Å². The van der Waals surface area contributed by atoms with Crippen molar-refractivity contribution in [1.82, 2.24) is 5.32 Å². The second-order valence-corrected chi connectivity index (χ2v) is 4.40. The van der Waals surface area contributed by atoms with Crippen LogP contribution in [0.3, 0.4) is 0 Å². The Kier molecular flexibility index (Phi) is 11.7. The van der Waals surface area contributed by atoms with Gasteiger partial charge < -0.3 is 24.3 Å². The summed E-state index contributed by atoms with van der Waals surface area (Å²) in [6.07, 6.45) is 0.980. The Morgan fingerprint density at radius 1 is 0.944 bits per heavy atom. The molecule has 5 nitrogen and oxygen atoms in total. The Morgan fingerprint density at radius 3 is 2.00 bits per heavy atom. The van der Waals surface area contributed by atoms with Gasteiger partial charge in [0.1, 0.15) is 0 Å². The molecule has 110 valence electrons. The summed E-state index contributed by atoms with van der Waals surface area (Å²) in [5.74, 6) is 0. The molecule has 0 spiro atoms. The zero-order valence-electron chi connectivity index (χ0n) is 12.3. The largest absolute Gasteiger partial charge is 0.382 e. The quantitative estimate of drug-likeness (QED) is 0.504. The van der Waals surface area contributed by atoms with Crippen LogP contribution in [0.2, 0.25) is 0 Å². The zero-order chi connectivity index (χ0) is 13.7. The van der Waals surface area contributed by atoms with E-state index in [0.717, 1.165) is 13.0 Å². The lowest BCUT2D eigenvalue weighted by atomic mass is 10.0. The average Bonchev–Trinajstić information content (AvgIpc) is 2.37. The summed E-state index contributed by atoms with van der Waals surface area (Å²) in [4.78, 5) is 0. The number of hydrogen-bond acceptors (Lipinski definition) is 5. The summed E-state index contributed by atoms with van der Waals surface area (Å²) >= 11 is 0. The third kappa shape index (κ3) is 9.79. The number of rotatable bonds is 13. The Morgan fingerprint density at radius 2 is 1.50 bits per heavy atom. The SMILES string of the molecule is CCC(C)(CNC)OCCOCCOCCOC. The Hall–Kier alpha value is -0.200. The second kappa shape index (κ2) is 11.9. The fraction of sp³-hybridized carbons (Fsp3) is 1.00. The lowest BCUT2D eigenvalue weighted by Gasteiger charge is -2.28. The fourth-order valence-corrected chi connectivity index (χ4v) is 1.46. The van der Waals surface area contributed by atoms with Gasteiger partial charge in [-0.3, -0.25) is 0 Å². The van der Waals surface area contributed by atoms with Crippen LogP contribution >= 0.6 is 0 Å². The van der Waals surface area contributed by atoms with Crippen molar-refractivity contribution < 1.29 is 18.9 Å². The number of likely N-dealkylation sites (N-methyl/N-ethyl adjacent to an activating group) is 1. The van der Waals surface area contributed by atoms with E-state index in [1.807, 2.05) is 7.05 Å². The van der Waals surface area contributed by atoms with Gasteiger partial charge in [0.05, 0.1) is 45.2 Å². The summed E-state index contributed by atoms with van der Waals surface area (Å²) in [6.45, 7) is 8.75. The molecule has 0 saturated carbocycles. The van der Waals surface area contributed by atoms with E-state index in [0.29, 0.717) is 39.6 Å². The van der Waals surface area contributed by atoms with Gasteiger partial charge in [0.15, 0.2) is 0 Å². The molecule has 0 aromatic carbocycles. The first kappa shape index (κ1) is 17.8. The molecule has 0 radical (unpaired) electrons. The molecule has 0 aliphatic carbocycles. The summed E-state index contributed by atoms with van der Waals surface area (Å²) in [6, 6.07) is 0. The summed E-state index contributed by atoms with van der Waals surface area (Å²) in [5, 5.41) is 3.14. The van der Waals surface area contributed by atoms with Crippen molar-refractivity contribution in [3.05, 3.63) is 0 Å². The van der Waals surface area contributed by atoms with Gasteiger partial charge in [-0.05, 0) is 20.4 Å². The smallest absolute Gasteiger partial charge is 0.0776 e. The predicted octanol–water partition coefficient (Wildman–Crippen LogP) is 1.07. The predicted molar refractivity (Wildman–Crippen MR) is 72.1 cm³/mol. The van der Waals surface area contributed by atoms with Crippen molar-refractivity contribution in [3.63, 3.8) is 0 Å². The molecule has 18 heavy (non-hydrogen) atoms. The maximum Gasteiger partial charge on any atom is 0.0776 e. The van der Waals surface area contributed by atoms with Gasteiger partial charge in [-0.15, -0.1) is 0 Å². The van der Waals surface area contributed by atoms with Crippen molar-refractivity contribution in [2.75, 3.05) is 60.3 Å². The van der Waals surface area contributed by atoms with E-state index in [2.05, 4.69) is 19.2 Å². The second-order valence-electron chi connectivity index (χ2n) is 4.40. The highest BCUT2D eigenvalue weighted by Crippen LogP contribution is 2.13. The van der Waals surface area contributed by atoms with Crippen molar-refractivity contribution in [3.8, 4) is 0 Å². The standard InChI is InChI=1S/C13H29NO4/c1-5-13(2,12-14-3)18-11-10-17-9-8-16-7-6-15-4/h14H,5-12H2,1-4H3. The molecule has 0 heterocycles. The van der Waals surface area contributed by atoms with Crippen LogP contribution in [0.1, 0.15) is 20.3 Å². The van der Waals surface area contributed by atoms with Gasteiger partial charge in [-0.2, -0.15) is 0 Å². The Balaban J connectivity index is 3.33. The molecule has 0 fully saturated rings. The van der Waals surface area contributed by atoms with E-state index in [9.17, 15) is 0 Å². The third-order valence-electron chi connectivity index (χ3n) is 2.78. The monoisotopic (exact) mass is 263 g/mol. The molecule has 0 aliphatic heterocycles. The molecule has 5 heteroatoms. The van der Waals surface area contributed by atoms with Crippen LogP contribution in [0, 0.1) is 0 Å². The first-order chi connectivity index (χ1) is 8.68. The Bertz CT molecular complexity index is 180. The first-order valence-corrected chi connectivity index (χ1v) is 6.61. The molecule has 0 saturated heterocycles. The molecular weight excluding hydrogens is 234 g/mol. The lowest BCUT2D eigenvalue weighted by molar-refractivity contribution is -0.0626. The van der Waals surface area contributed by atoms with Gasteiger partial charge in [0.2, 0.25) is 0 Å². The van der Waals surface area contributed by atoms with Gasteiger partial charge in [-0.25, -0.2) is 0 Å². The average molecular weight is 263 g/mol. The maximum absolute atomic E-state index is 5.82. The minimum atomic E-state index is -0.104. The van der Waals surface area contributed by atoms with Gasteiger partial charge in [-0.1, -0.05) is 6.92 Å². The topological polar surface area (TPSA) is 49.0 Å². The highest BCUT2D eigenvalue weighted by molar-refractivity contribution is 4.75. The highest BCUT2D eigenvalue weighted by Gasteiger charge is 2.21. The van der Waals surface area contributed by atoms with Crippen molar-refractivity contribution >= 4 is 0 Å². The van der Waals surface area contributed by atoms with Crippen LogP contribution < -0.4 is 5.32 Å². The minimum Gasteiger partial charge on any atom is -0.382 e. The molecule has 0 aromatic heterocycles. The van der Waals surface area contributed by atoms with E-state index in [1.165, 1.54) is 0 Å². The van der Waals surface area contributed by atoms with E-state index < -0.39 is 0 Å². The Labute approximate surface area is 111 Å². The molecule has 0 aromatic rings. The van der Waals surface area contributed by atoms with Crippen LogP contribution in [0.25, 0.3) is 0 Å². The van der Waals surface area contributed by atoms with Crippen LogP contribution in [0.5, 0.6) is 0 Å². The summed E-state index contributed by atoms with van der Waals surface area (Å²) in [7, 11) is 3.60. The molecule has 1 unspecified atom stereocenters. The molecule has 1 N–H and O–H groups in total. The third-order valence-corrected chi connectivity index (χ3v) is 2.78. The van der Waals surface area contributed by atoms with Crippen molar-refractivity contribution in [1.29, 1.82) is 0 Å². The molecule has 0 rings (SSSR count). The maximum atomic E-state index is 5.82. The normalized spacial score (nSPS) is 14.7. The fourth-order valence-electron chi connectivity index (χ4n) is 1.46. The van der Waals surface area contributed by atoms with E-state index in [4.69, 9.17) is 18.9 Å². The van der Waals surface area contributed by atoms with Crippen LogP contribution in [-0.4, -0.2) is 65.9 Å². The number of hydrogen-bond donors (Lipinski definition) is 1.